The first-order valence-electron chi connectivity index (χ1n) is 4.99. The zero-order valence-corrected chi connectivity index (χ0v) is 8.90. The van der Waals surface area contributed by atoms with Crippen LogP contribution in [0.2, 0.25) is 0 Å². The third-order valence-corrected chi connectivity index (χ3v) is 2.53. The van der Waals surface area contributed by atoms with Gasteiger partial charge in [-0.25, -0.2) is 0 Å². The Labute approximate surface area is 93.0 Å². The molecule has 2 N–H and O–H groups in total. The minimum absolute atomic E-state index is 0.0378. The predicted octanol–water partition coefficient (Wildman–Crippen LogP) is 1.15. The Balaban J connectivity index is 2.21. The third-order valence-electron chi connectivity index (χ3n) is 2.53. The fourth-order valence-corrected chi connectivity index (χ4v) is 1.69. The van der Waals surface area contributed by atoms with Crippen LogP contribution in [0, 0.1) is 0 Å². The van der Waals surface area contributed by atoms with Crippen molar-refractivity contribution in [2.24, 2.45) is 0 Å². The molecular weight excluding hydrogens is 210 g/mol. The summed E-state index contributed by atoms with van der Waals surface area (Å²) in [6, 6.07) is 5.24. The van der Waals surface area contributed by atoms with Crippen LogP contribution in [-0.4, -0.2) is 24.9 Å². The van der Waals surface area contributed by atoms with Crippen LogP contribution in [0.25, 0.3) is 0 Å². The van der Waals surface area contributed by atoms with Gasteiger partial charge in [-0.2, -0.15) is 0 Å². The van der Waals surface area contributed by atoms with Crippen molar-refractivity contribution < 1.29 is 19.4 Å². The number of carbonyl (C=O) groups is 1. The number of rotatable bonds is 4. The molecule has 1 atom stereocenters. The summed E-state index contributed by atoms with van der Waals surface area (Å²) >= 11 is 0. The van der Waals surface area contributed by atoms with Crippen LogP contribution in [0.4, 0.5) is 0 Å². The summed E-state index contributed by atoms with van der Waals surface area (Å²) in [6.07, 6.45) is 0.0378. The molecule has 0 saturated heterocycles. The molecule has 0 aromatic heterocycles. The minimum Gasteiger partial charge on any atom is -0.481 e. The zero-order chi connectivity index (χ0) is 11.5. The second-order valence-corrected chi connectivity index (χ2v) is 3.55. The number of hydrogen-bond acceptors (Lipinski definition) is 4. The first-order chi connectivity index (χ1) is 7.70. The minimum atomic E-state index is -0.836. The lowest BCUT2D eigenvalue weighted by Gasteiger charge is -2.14. The Morgan fingerprint density at radius 3 is 2.94 bits per heavy atom. The molecule has 0 unspecified atom stereocenters. The fraction of sp³-hybridized carbons (Fsp3) is 0.364. The van der Waals surface area contributed by atoms with E-state index in [0.29, 0.717) is 11.5 Å². The molecule has 86 valence electrons. The van der Waals surface area contributed by atoms with Crippen molar-refractivity contribution >= 4 is 5.97 Å². The fourth-order valence-electron chi connectivity index (χ4n) is 1.69. The summed E-state index contributed by atoms with van der Waals surface area (Å²) in [4.78, 5) is 10.7. The predicted molar refractivity (Wildman–Crippen MR) is 56.6 cm³/mol. The quantitative estimate of drug-likeness (QED) is 0.801. The second kappa shape index (κ2) is 4.40. The largest absolute Gasteiger partial charge is 0.481 e. The SMILES string of the molecule is CN[C@@H](CC(=O)O)c1ccc2c(c1)OCO2. The van der Waals surface area contributed by atoms with Crippen LogP contribution in [0.15, 0.2) is 18.2 Å². The molecule has 0 aliphatic carbocycles. The monoisotopic (exact) mass is 223 g/mol. The lowest BCUT2D eigenvalue weighted by Crippen LogP contribution is -2.19. The maximum absolute atomic E-state index is 10.7. The molecule has 1 aliphatic heterocycles. The van der Waals surface area contributed by atoms with Crippen LogP contribution < -0.4 is 14.8 Å². The summed E-state index contributed by atoms with van der Waals surface area (Å²) in [5, 5.41) is 11.7. The number of ether oxygens (including phenoxy) is 2. The van der Waals surface area contributed by atoms with E-state index in [-0.39, 0.29) is 19.3 Å². The summed E-state index contributed by atoms with van der Waals surface area (Å²) in [7, 11) is 1.73. The Hall–Kier alpha value is -1.75. The number of carboxylic acid groups (broad SMARTS) is 1. The number of benzene rings is 1. The highest BCUT2D eigenvalue weighted by molar-refractivity contribution is 5.68. The van der Waals surface area contributed by atoms with Crippen LogP contribution >= 0.6 is 0 Å². The van der Waals surface area contributed by atoms with E-state index in [1.54, 1.807) is 13.1 Å². The first kappa shape index (κ1) is 10.8. The molecule has 0 fully saturated rings. The number of fused-ring (bicyclic) bond motifs is 1. The first-order valence-corrected chi connectivity index (χ1v) is 4.99. The van der Waals surface area contributed by atoms with E-state index >= 15 is 0 Å². The standard InChI is InChI=1S/C11H13NO4/c1-12-8(5-11(13)14)7-2-3-9-10(4-7)16-6-15-9/h2-4,8,12H,5-6H2,1H3,(H,13,14)/t8-/m0/s1. The van der Waals surface area contributed by atoms with Crippen molar-refractivity contribution in [2.75, 3.05) is 13.8 Å². The molecule has 1 aromatic carbocycles. The highest BCUT2D eigenvalue weighted by Crippen LogP contribution is 2.34. The second-order valence-electron chi connectivity index (χ2n) is 3.55. The van der Waals surface area contributed by atoms with Crippen molar-refractivity contribution in [2.45, 2.75) is 12.5 Å². The van der Waals surface area contributed by atoms with Crippen LogP contribution in [0.3, 0.4) is 0 Å². The molecular formula is C11H13NO4. The average Bonchev–Trinajstić information content (AvgIpc) is 2.72. The van der Waals surface area contributed by atoms with Crippen LogP contribution in [0.5, 0.6) is 11.5 Å². The zero-order valence-electron chi connectivity index (χ0n) is 8.90. The molecule has 0 bridgehead atoms. The lowest BCUT2D eigenvalue weighted by atomic mass is 10.0. The molecule has 2 rings (SSSR count). The smallest absolute Gasteiger partial charge is 0.305 e. The van der Waals surface area contributed by atoms with Crippen molar-refractivity contribution in [1.82, 2.24) is 5.32 Å². The van der Waals surface area contributed by atoms with Gasteiger partial charge in [-0.1, -0.05) is 6.07 Å². The van der Waals surface area contributed by atoms with Crippen molar-refractivity contribution in [3.8, 4) is 11.5 Å². The molecule has 1 aromatic rings. The van der Waals surface area contributed by atoms with E-state index in [1.165, 1.54) is 0 Å². The Bertz CT molecular complexity index is 405. The van der Waals surface area contributed by atoms with Crippen molar-refractivity contribution in [1.29, 1.82) is 0 Å². The van der Waals surface area contributed by atoms with E-state index in [4.69, 9.17) is 14.6 Å². The number of carboxylic acids is 1. The maximum atomic E-state index is 10.7. The molecule has 16 heavy (non-hydrogen) atoms. The van der Waals surface area contributed by atoms with Gasteiger partial charge in [-0.05, 0) is 24.7 Å². The third kappa shape index (κ3) is 2.09. The number of hydrogen-bond donors (Lipinski definition) is 2. The number of aliphatic carboxylic acids is 1. The van der Waals surface area contributed by atoms with Crippen molar-refractivity contribution in [3.05, 3.63) is 23.8 Å². The van der Waals surface area contributed by atoms with Gasteiger partial charge in [0.1, 0.15) is 0 Å². The Morgan fingerprint density at radius 2 is 2.25 bits per heavy atom. The summed E-state index contributed by atoms with van der Waals surface area (Å²) < 4.78 is 10.4. The van der Waals surface area contributed by atoms with Crippen molar-refractivity contribution in [3.63, 3.8) is 0 Å². The van der Waals surface area contributed by atoms with Gasteiger partial charge in [0.25, 0.3) is 0 Å². The Morgan fingerprint density at radius 1 is 1.50 bits per heavy atom. The summed E-state index contributed by atoms with van der Waals surface area (Å²) in [5.74, 6) is 0.536. The van der Waals surface area contributed by atoms with Gasteiger partial charge in [0.15, 0.2) is 11.5 Å². The Kier molecular flexibility index (Phi) is 2.96. The molecule has 5 nitrogen and oxygen atoms in total. The van der Waals surface area contributed by atoms with Gasteiger partial charge < -0.3 is 19.9 Å². The van der Waals surface area contributed by atoms with Gasteiger partial charge in [0.05, 0.1) is 6.42 Å². The summed E-state index contributed by atoms with van der Waals surface area (Å²) in [6.45, 7) is 0.224. The van der Waals surface area contributed by atoms with Gasteiger partial charge in [-0.15, -0.1) is 0 Å². The van der Waals surface area contributed by atoms with E-state index in [1.807, 2.05) is 12.1 Å². The van der Waals surface area contributed by atoms with Gasteiger partial charge in [0, 0.05) is 6.04 Å². The molecule has 0 radical (unpaired) electrons. The molecule has 0 saturated carbocycles. The molecule has 5 heteroatoms. The highest BCUT2D eigenvalue weighted by Gasteiger charge is 2.18. The van der Waals surface area contributed by atoms with E-state index in [2.05, 4.69) is 5.32 Å². The van der Waals surface area contributed by atoms with Crippen LogP contribution in [-0.2, 0) is 4.79 Å². The van der Waals surface area contributed by atoms with E-state index in [9.17, 15) is 4.79 Å². The van der Waals surface area contributed by atoms with Gasteiger partial charge >= 0.3 is 5.97 Å². The van der Waals surface area contributed by atoms with Crippen LogP contribution in [0.1, 0.15) is 18.0 Å². The van der Waals surface area contributed by atoms with E-state index in [0.717, 1.165) is 5.56 Å². The highest BCUT2D eigenvalue weighted by atomic mass is 16.7. The normalized spacial score (nSPS) is 14.8. The molecule has 0 spiro atoms. The maximum Gasteiger partial charge on any atom is 0.305 e. The molecule has 1 heterocycles. The summed E-state index contributed by atoms with van der Waals surface area (Å²) in [5.41, 5.74) is 0.883. The topological polar surface area (TPSA) is 67.8 Å². The number of nitrogens with one attached hydrogen (secondary N) is 1. The molecule has 1 aliphatic rings. The van der Waals surface area contributed by atoms with Gasteiger partial charge in [0.2, 0.25) is 6.79 Å². The molecule has 0 amide bonds. The average molecular weight is 223 g/mol. The van der Waals surface area contributed by atoms with Gasteiger partial charge in [-0.3, -0.25) is 4.79 Å². The lowest BCUT2D eigenvalue weighted by molar-refractivity contribution is -0.137. The van der Waals surface area contributed by atoms with E-state index < -0.39 is 5.97 Å².